The van der Waals surface area contributed by atoms with E-state index < -0.39 is 0 Å². The third-order valence-electron chi connectivity index (χ3n) is 3.81. The fourth-order valence-electron chi connectivity index (χ4n) is 2.68. The van der Waals surface area contributed by atoms with Gasteiger partial charge in [-0.2, -0.15) is 5.10 Å². The molecule has 3 aromatic heterocycles. The van der Waals surface area contributed by atoms with E-state index in [1.165, 1.54) is 0 Å². The van der Waals surface area contributed by atoms with Gasteiger partial charge in [-0.05, 0) is 23.9 Å². The Kier molecular flexibility index (Phi) is 3.84. The van der Waals surface area contributed by atoms with E-state index in [0.29, 0.717) is 5.69 Å². The number of thiophene rings is 1. The average Bonchev–Trinajstić information content (AvgIpc) is 3.30. The number of nitrogens with one attached hydrogen (secondary N) is 2. The van der Waals surface area contributed by atoms with Gasteiger partial charge in [0, 0.05) is 30.7 Å². The minimum atomic E-state index is -0.130. The first-order chi connectivity index (χ1) is 11.3. The van der Waals surface area contributed by atoms with E-state index in [0.717, 1.165) is 35.2 Å². The molecule has 2 N–H and O–H groups in total. The molecule has 0 radical (unpaired) electrons. The second-order valence-corrected chi connectivity index (χ2v) is 7.18. The molecule has 4 heterocycles. The number of anilines is 1. The van der Waals surface area contributed by atoms with E-state index in [1.807, 2.05) is 29.1 Å². The van der Waals surface area contributed by atoms with Crippen LogP contribution in [-0.2, 0) is 0 Å². The van der Waals surface area contributed by atoms with Crippen LogP contribution in [0.2, 0.25) is 0 Å². The van der Waals surface area contributed by atoms with Crippen LogP contribution in [0, 0.1) is 0 Å². The van der Waals surface area contributed by atoms with Gasteiger partial charge in [-0.25, -0.2) is 4.98 Å². The smallest absolute Gasteiger partial charge is 0.272 e. The summed E-state index contributed by atoms with van der Waals surface area (Å²) >= 11 is 3.24. The number of aromatic amines is 1. The molecule has 4 rings (SSSR count). The lowest BCUT2D eigenvalue weighted by molar-refractivity contribution is 0.0935. The van der Waals surface area contributed by atoms with Crippen molar-refractivity contribution in [2.24, 2.45) is 0 Å². The zero-order valence-electron chi connectivity index (χ0n) is 12.2. The van der Waals surface area contributed by atoms with Gasteiger partial charge in [0.25, 0.3) is 5.91 Å². The molecule has 1 atom stereocenters. The van der Waals surface area contributed by atoms with Crippen molar-refractivity contribution < 1.29 is 4.79 Å². The molecule has 0 bridgehead atoms. The molecular formula is C15H15N5OS2. The second-order valence-electron chi connectivity index (χ2n) is 5.36. The van der Waals surface area contributed by atoms with Gasteiger partial charge in [0.05, 0.1) is 10.6 Å². The molecule has 1 amide bonds. The van der Waals surface area contributed by atoms with Crippen molar-refractivity contribution >= 4 is 33.7 Å². The van der Waals surface area contributed by atoms with Crippen LogP contribution in [0.25, 0.3) is 10.6 Å². The highest BCUT2D eigenvalue weighted by atomic mass is 32.1. The predicted molar refractivity (Wildman–Crippen MR) is 92.1 cm³/mol. The molecular weight excluding hydrogens is 330 g/mol. The van der Waals surface area contributed by atoms with Crippen LogP contribution in [0.3, 0.4) is 0 Å². The van der Waals surface area contributed by atoms with E-state index in [9.17, 15) is 4.79 Å². The second kappa shape index (κ2) is 6.13. The Labute approximate surface area is 141 Å². The first kappa shape index (κ1) is 14.4. The van der Waals surface area contributed by atoms with Crippen molar-refractivity contribution in [1.29, 1.82) is 0 Å². The first-order valence-electron chi connectivity index (χ1n) is 7.34. The number of hydrogen-bond acceptors (Lipinski definition) is 6. The van der Waals surface area contributed by atoms with E-state index in [4.69, 9.17) is 0 Å². The predicted octanol–water partition coefficient (Wildman–Crippen LogP) is 2.60. The molecule has 23 heavy (non-hydrogen) atoms. The van der Waals surface area contributed by atoms with Crippen LogP contribution in [0.5, 0.6) is 0 Å². The molecule has 8 heteroatoms. The number of aromatic nitrogens is 3. The summed E-state index contributed by atoms with van der Waals surface area (Å²) in [5, 5.41) is 15.1. The zero-order chi connectivity index (χ0) is 15.6. The number of carbonyl (C=O) groups is 1. The SMILES string of the molecule is O=C(N[C@@H]1CCN(c2nccs2)C1)c1cc(-c2cccs2)[nH]n1. The van der Waals surface area contributed by atoms with Crippen LogP contribution in [-0.4, -0.2) is 40.2 Å². The minimum absolute atomic E-state index is 0.130. The van der Waals surface area contributed by atoms with Crippen LogP contribution >= 0.6 is 22.7 Å². The summed E-state index contributed by atoms with van der Waals surface area (Å²) < 4.78 is 0. The molecule has 0 spiro atoms. The Morgan fingerprint density at radius 3 is 3.13 bits per heavy atom. The highest BCUT2D eigenvalue weighted by Gasteiger charge is 2.26. The van der Waals surface area contributed by atoms with Crippen molar-refractivity contribution in [2.45, 2.75) is 12.5 Å². The number of carbonyl (C=O) groups excluding carboxylic acids is 1. The number of nitrogens with zero attached hydrogens (tertiary/aromatic N) is 3. The topological polar surface area (TPSA) is 73.9 Å². The van der Waals surface area contributed by atoms with Crippen molar-refractivity contribution in [3.63, 3.8) is 0 Å². The number of H-pyrrole nitrogens is 1. The van der Waals surface area contributed by atoms with Gasteiger partial charge in [-0.15, -0.1) is 22.7 Å². The Hall–Kier alpha value is -2.19. The maximum absolute atomic E-state index is 12.4. The van der Waals surface area contributed by atoms with Crippen LogP contribution < -0.4 is 10.2 Å². The third-order valence-corrected chi connectivity index (χ3v) is 5.55. The van der Waals surface area contributed by atoms with Gasteiger partial charge in [0.1, 0.15) is 0 Å². The van der Waals surface area contributed by atoms with Crippen LogP contribution in [0.4, 0.5) is 5.13 Å². The molecule has 6 nitrogen and oxygen atoms in total. The summed E-state index contributed by atoms with van der Waals surface area (Å²) in [4.78, 5) is 20.0. The van der Waals surface area contributed by atoms with Gasteiger partial charge >= 0.3 is 0 Å². The molecule has 0 aliphatic carbocycles. The Morgan fingerprint density at radius 1 is 1.39 bits per heavy atom. The van der Waals surface area contributed by atoms with E-state index in [2.05, 4.69) is 25.4 Å². The first-order valence-corrected chi connectivity index (χ1v) is 9.10. The third kappa shape index (κ3) is 2.99. The van der Waals surface area contributed by atoms with Crippen molar-refractivity contribution in [1.82, 2.24) is 20.5 Å². The molecule has 1 aliphatic rings. The lowest BCUT2D eigenvalue weighted by Gasteiger charge is -2.15. The van der Waals surface area contributed by atoms with Gasteiger partial charge in [0.2, 0.25) is 0 Å². The lowest BCUT2D eigenvalue weighted by Crippen LogP contribution is -2.37. The maximum atomic E-state index is 12.4. The summed E-state index contributed by atoms with van der Waals surface area (Å²) in [6.45, 7) is 1.71. The van der Waals surface area contributed by atoms with E-state index >= 15 is 0 Å². The van der Waals surface area contributed by atoms with Gasteiger partial charge < -0.3 is 10.2 Å². The van der Waals surface area contributed by atoms with Gasteiger partial charge in [0.15, 0.2) is 10.8 Å². The highest BCUT2D eigenvalue weighted by Crippen LogP contribution is 2.24. The number of hydrogen-bond donors (Lipinski definition) is 2. The fraction of sp³-hybridized carbons (Fsp3) is 0.267. The molecule has 0 unspecified atom stereocenters. The average molecular weight is 345 g/mol. The molecule has 0 aromatic carbocycles. The largest absolute Gasteiger partial charge is 0.346 e. The Bertz CT molecular complexity index is 781. The lowest BCUT2D eigenvalue weighted by atomic mass is 10.2. The summed E-state index contributed by atoms with van der Waals surface area (Å²) in [6, 6.07) is 5.91. The summed E-state index contributed by atoms with van der Waals surface area (Å²) in [5.41, 5.74) is 1.31. The fourth-order valence-corrected chi connectivity index (χ4v) is 4.05. The summed E-state index contributed by atoms with van der Waals surface area (Å²) in [7, 11) is 0. The maximum Gasteiger partial charge on any atom is 0.272 e. The number of amides is 1. The Morgan fingerprint density at radius 2 is 2.35 bits per heavy atom. The molecule has 1 fully saturated rings. The van der Waals surface area contributed by atoms with Crippen molar-refractivity contribution in [3.05, 3.63) is 40.8 Å². The number of rotatable bonds is 4. The van der Waals surface area contributed by atoms with Crippen molar-refractivity contribution in [2.75, 3.05) is 18.0 Å². The molecule has 118 valence electrons. The highest BCUT2D eigenvalue weighted by molar-refractivity contribution is 7.13. The van der Waals surface area contributed by atoms with Gasteiger partial charge in [-0.1, -0.05) is 6.07 Å². The Balaban J connectivity index is 1.39. The molecule has 1 aliphatic heterocycles. The quantitative estimate of drug-likeness (QED) is 0.762. The molecule has 3 aromatic rings. The standard InChI is InChI=1S/C15H15N5OS2/c21-14(12-8-11(18-19-12)13-2-1-6-22-13)17-10-3-5-20(9-10)15-16-4-7-23-15/h1-2,4,6-8,10H,3,5,9H2,(H,17,21)(H,18,19)/t10-/m1/s1. The monoisotopic (exact) mass is 345 g/mol. The van der Waals surface area contributed by atoms with Gasteiger partial charge in [-0.3, -0.25) is 9.89 Å². The normalized spacial score (nSPS) is 17.6. The van der Waals surface area contributed by atoms with Crippen LogP contribution in [0.1, 0.15) is 16.9 Å². The minimum Gasteiger partial charge on any atom is -0.346 e. The van der Waals surface area contributed by atoms with E-state index in [-0.39, 0.29) is 11.9 Å². The molecule has 0 saturated carbocycles. The summed E-state index contributed by atoms with van der Waals surface area (Å²) in [6.07, 6.45) is 2.73. The van der Waals surface area contributed by atoms with Crippen LogP contribution in [0.15, 0.2) is 35.2 Å². The number of thiazole rings is 1. The summed E-state index contributed by atoms with van der Waals surface area (Å²) in [5.74, 6) is -0.130. The van der Waals surface area contributed by atoms with Crippen molar-refractivity contribution in [3.8, 4) is 10.6 Å². The van der Waals surface area contributed by atoms with E-state index in [1.54, 1.807) is 28.7 Å². The zero-order valence-corrected chi connectivity index (χ0v) is 13.9. The molecule has 1 saturated heterocycles.